The van der Waals surface area contributed by atoms with Gasteiger partial charge in [-0.2, -0.15) is 13.2 Å². The summed E-state index contributed by atoms with van der Waals surface area (Å²) in [6.07, 6.45) is -4.65. The summed E-state index contributed by atoms with van der Waals surface area (Å²) in [7, 11) is 0.597. The molecule has 0 amide bonds. The van der Waals surface area contributed by atoms with E-state index in [2.05, 4.69) is 20.9 Å². The highest BCUT2D eigenvalue weighted by molar-refractivity contribution is 9.10. The van der Waals surface area contributed by atoms with Crippen molar-refractivity contribution in [2.24, 2.45) is 0 Å². The minimum Gasteiger partial charge on any atom is -0.228 e. The Kier molecular flexibility index (Phi) is 3.32. The third-order valence-corrected chi connectivity index (χ3v) is 2.94. The van der Waals surface area contributed by atoms with Gasteiger partial charge < -0.3 is 0 Å². The fraction of sp³-hybridized carbons (Fsp3) is 0.167. The number of hydrogen-bond donors (Lipinski definition) is 0. The van der Waals surface area contributed by atoms with E-state index in [0.29, 0.717) is 12.1 Å². The lowest BCUT2D eigenvalue weighted by Crippen LogP contribution is -2.07. The molecule has 3 nitrogen and oxygen atoms in total. The van der Waals surface area contributed by atoms with Crippen LogP contribution in [0.4, 0.5) is 13.2 Å². The molecule has 1 aromatic rings. The Balaban J connectivity index is 3.43. The summed E-state index contributed by atoms with van der Waals surface area (Å²) < 4.78 is 58.1. The van der Waals surface area contributed by atoms with Crippen molar-refractivity contribution in [1.29, 1.82) is 0 Å². The van der Waals surface area contributed by atoms with E-state index in [1.54, 1.807) is 0 Å². The van der Waals surface area contributed by atoms with Crippen molar-refractivity contribution < 1.29 is 21.6 Å². The van der Waals surface area contributed by atoms with Gasteiger partial charge in [0, 0.05) is 10.7 Å². The van der Waals surface area contributed by atoms with Gasteiger partial charge in [0.2, 0.25) is 0 Å². The molecular formula is C6H2BrClF3NO2S. The Morgan fingerprint density at radius 1 is 1.33 bits per heavy atom. The first-order valence-electron chi connectivity index (χ1n) is 3.30. The standard InChI is InChI=1S/C6H2BrClF3NO2S/c7-4-1-3(6(9,10)11)2-5(12-4)15(8,13)14/h1-2H. The van der Waals surface area contributed by atoms with Gasteiger partial charge in [0.15, 0.2) is 5.03 Å². The largest absolute Gasteiger partial charge is 0.416 e. The number of aromatic nitrogens is 1. The average molecular weight is 325 g/mol. The molecule has 1 aromatic heterocycles. The van der Waals surface area contributed by atoms with E-state index in [-0.39, 0.29) is 4.60 Å². The number of alkyl halides is 3. The third-order valence-electron chi connectivity index (χ3n) is 1.35. The van der Waals surface area contributed by atoms with Crippen LogP contribution in [0.3, 0.4) is 0 Å². The van der Waals surface area contributed by atoms with Crippen molar-refractivity contribution in [2.45, 2.75) is 11.2 Å². The smallest absolute Gasteiger partial charge is 0.228 e. The molecule has 0 aliphatic heterocycles. The molecule has 9 heteroatoms. The summed E-state index contributed by atoms with van der Waals surface area (Å²) in [4.78, 5) is 3.32. The minimum absolute atomic E-state index is 0.253. The summed E-state index contributed by atoms with van der Waals surface area (Å²) >= 11 is 2.66. The molecule has 0 saturated carbocycles. The lowest BCUT2D eigenvalue weighted by atomic mass is 10.3. The number of hydrogen-bond acceptors (Lipinski definition) is 3. The Labute approximate surface area is 95.8 Å². The Hall–Kier alpha value is -0.340. The summed E-state index contributed by atoms with van der Waals surface area (Å²) in [5.74, 6) is 0. The van der Waals surface area contributed by atoms with Crippen molar-refractivity contribution in [1.82, 2.24) is 4.98 Å². The first-order valence-corrected chi connectivity index (χ1v) is 6.40. The van der Waals surface area contributed by atoms with Gasteiger partial charge in [-0.3, -0.25) is 0 Å². The van der Waals surface area contributed by atoms with Crippen molar-refractivity contribution in [3.63, 3.8) is 0 Å². The number of rotatable bonds is 1. The molecule has 0 aliphatic rings. The van der Waals surface area contributed by atoms with Crippen LogP contribution in [0.2, 0.25) is 0 Å². The molecular weight excluding hydrogens is 322 g/mol. The van der Waals surface area contributed by atoms with E-state index in [0.717, 1.165) is 0 Å². The van der Waals surface area contributed by atoms with E-state index in [9.17, 15) is 21.6 Å². The van der Waals surface area contributed by atoms with E-state index in [4.69, 9.17) is 10.7 Å². The quantitative estimate of drug-likeness (QED) is 0.589. The lowest BCUT2D eigenvalue weighted by molar-refractivity contribution is -0.137. The molecule has 0 N–H and O–H groups in total. The monoisotopic (exact) mass is 323 g/mol. The van der Waals surface area contributed by atoms with Gasteiger partial charge in [0.1, 0.15) is 4.60 Å². The van der Waals surface area contributed by atoms with Crippen LogP contribution in [0.1, 0.15) is 5.56 Å². The molecule has 0 fully saturated rings. The third kappa shape index (κ3) is 3.32. The van der Waals surface area contributed by atoms with Gasteiger partial charge in [-0.1, -0.05) is 0 Å². The molecule has 0 aromatic carbocycles. The van der Waals surface area contributed by atoms with Crippen molar-refractivity contribution in [3.05, 3.63) is 22.3 Å². The highest BCUT2D eigenvalue weighted by Gasteiger charge is 2.32. The number of pyridine rings is 1. The Morgan fingerprint density at radius 2 is 1.87 bits per heavy atom. The summed E-state index contributed by atoms with van der Waals surface area (Å²) in [5.41, 5.74) is -1.14. The van der Waals surface area contributed by atoms with Gasteiger partial charge in [-0.15, -0.1) is 0 Å². The normalized spacial score (nSPS) is 12.9. The fourth-order valence-corrected chi connectivity index (χ4v) is 2.03. The maximum atomic E-state index is 12.2. The van der Waals surface area contributed by atoms with Crippen LogP contribution in [-0.4, -0.2) is 13.4 Å². The SMILES string of the molecule is O=S(=O)(Cl)c1cc(C(F)(F)F)cc(Br)n1. The molecule has 0 aliphatic carbocycles. The average Bonchev–Trinajstić information content (AvgIpc) is 1.99. The molecule has 1 heterocycles. The van der Waals surface area contributed by atoms with Crippen LogP contribution in [0, 0.1) is 0 Å². The second-order valence-corrected chi connectivity index (χ2v) is 5.78. The highest BCUT2D eigenvalue weighted by atomic mass is 79.9. The van der Waals surface area contributed by atoms with Gasteiger partial charge in [-0.05, 0) is 28.1 Å². The molecule has 15 heavy (non-hydrogen) atoms. The van der Waals surface area contributed by atoms with Crippen molar-refractivity contribution in [2.75, 3.05) is 0 Å². The van der Waals surface area contributed by atoms with E-state index >= 15 is 0 Å². The van der Waals surface area contributed by atoms with Gasteiger partial charge >= 0.3 is 6.18 Å². The van der Waals surface area contributed by atoms with Crippen LogP contribution in [-0.2, 0) is 15.2 Å². The summed E-state index contributed by atoms with van der Waals surface area (Å²) in [6.45, 7) is 0. The molecule has 1 rings (SSSR count). The second kappa shape index (κ2) is 3.91. The molecule has 0 atom stereocenters. The van der Waals surface area contributed by atoms with Crippen LogP contribution in [0.15, 0.2) is 21.8 Å². The molecule has 84 valence electrons. The molecule has 0 unspecified atom stereocenters. The molecule has 0 radical (unpaired) electrons. The zero-order valence-electron chi connectivity index (χ0n) is 6.72. The molecule has 0 spiro atoms. The molecule has 0 bridgehead atoms. The van der Waals surface area contributed by atoms with Gasteiger partial charge in [0.05, 0.1) is 5.56 Å². The summed E-state index contributed by atoms with van der Waals surface area (Å²) in [5, 5.41) is -0.842. The first kappa shape index (κ1) is 12.7. The predicted octanol–water partition coefficient (Wildman–Crippen LogP) is 2.79. The minimum atomic E-state index is -4.65. The molecule has 0 saturated heterocycles. The van der Waals surface area contributed by atoms with Crippen molar-refractivity contribution >= 4 is 35.7 Å². The van der Waals surface area contributed by atoms with E-state index < -0.39 is 25.8 Å². The second-order valence-electron chi connectivity index (χ2n) is 2.45. The van der Waals surface area contributed by atoms with Crippen LogP contribution < -0.4 is 0 Å². The number of nitrogens with zero attached hydrogens (tertiary/aromatic N) is 1. The van der Waals surface area contributed by atoms with E-state index in [1.807, 2.05) is 0 Å². The predicted molar refractivity (Wildman–Crippen MR) is 50.0 cm³/mol. The summed E-state index contributed by atoms with van der Waals surface area (Å²) in [6, 6.07) is 1.03. The van der Waals surface area contributed by atoms with Gasteiger partial charge in [-0.25, -0.2) is 13.4 Å². The topological polar surface area (TPSA) is 47.0 Å². The van der Waals surface area contributed by atoms with Crippen LogP contribution >= 0.6 is 26.6 Å². The maximum Gasteiger partial charge on any atom is 0.416 e. The Bertz CT molecular complexity index is 488. The first-order chi connectivity index (χ1) is 6.60. The number of halogens is 5. The zero-order valence-corrected chi connectivity index (χ0v) is 9.87. The lowest BCUT2D eigenvalue weighted by Gasteiger charge is -2.07. The van der Waals surface area contributed by atoms with Crippen LogP contribution in [0.25, 0.3) is 0 Å². The van der Waals surface area contributed by atoms with Gasteiger partial charge in [0.25, 0.3) is 9.05 Å². The fourth-order valence-electron chi connectivity index (χ4n) is 0.761. The highest BCUT2D eigenvalue weighted by Crippen LogP contribution is 2.32. The zero-order chi connectivity index (χ0) is 11.9. The van der Waals surface area contributed by atoms with Crippen molar-refractivity contribution in [3.8, 4) is 0 Å². The van der Waals surface area contributed by atoms with Crippen LogP contribution in [0.5, 0.6) is 0 Å². The Morgan fingerprint density at radius 3 is 2.27 bits per heavy atom. The maximum absolute atomic E-state index is 12.2. The van der Waals surface area contributed by atoms with E-state index in [1.165, 1.54) is 0 Å².